The van der Waals surface area contributed by atoms with Crippen molar-refractivity contribution in [1.82, 2.24) is 10.2 Å². The number of hydrogen-bond donors (Lipinski definition) is 1. The lowest BCUT2D eigenvalue weighted by atomic mass is 9.95. The molecule has 2 aromatic rings. The average molecular weight is 504 g/mol. The second kappa shape index (κ2) is 12.6. The van der Waals surface area contributed by atoms with Crippen molar-refractivity contribution in [1.29, 1.82) is 0 Å². The van der Waals surface area contributed by atoms with E-state index in [4.69, 9.17) is 23.2 Å². The molecule has 1 atom stereocenters. The molecule has 6 heteroatoms. The second-order valence-corrected chi connectivity index (χ2v) is 10.5. The van der Waals surface area contributed by atoms with Gasteiger partial charge < -0.3 is 10.2 Å². The van der Waals surface area contributed by atoms with E-state index in [1.165, 1.54) is 12.0 Å². The number of carbonyl (C=O) groups is 2. The number of nitrogens with zero attached hydrogens (tertiary/aromatic N) is 1. The minimum absolute atomic E-state index is 0.0646. The third kappa shape index (κ3) is 7.48. The van der Waals surface area contributed by atoms with Crippen LogP contribution in [-0.2, 0) is 22.6 Å². The quantitative estimate of drug-likeness (QED) is 0.404. The fourth-order valence-electron chi connectivity index (χ4n) is 4.45. The highest BCUT2D eigenvalue weighted by atomic mass is 35.5. The van der Waals surface area contributed by atoms with Gasteiger partial charge in [0.25, 0.3) is 0 Å². The molecule has 2 amide bonds. The number of aryl methyl sites for hydroxylation is 1. The molecule has 3 rings (SSSR count). The number of carbonyl (C=O) groups excluding carboxylic acids is 2. The molecule has 184 valence electrons. The van der Waals surface area contributed by atoms with Crippen LogP contribution in [0.5, 0.6) is 0 Å². The van der Waals surface area contributed by atoms with E-state index in [2.05, 4.69) is 43.4 Å². The second-order valence-electron chi connectivity index (χ2n) is 9.67. The van der Waals surface area contributed by atoms with Crippen LogP contribution >= 0.6 is 23.2 Å². The van der Waals surface area contributed by atoms with E-state index in [1.807, 2.05) is 6.07 Å². The summed E-state index contributed by atoms with van der Waals surface area (Å²) in [5.41, 5.74) is 3.17. The molecular formula is C28H36Cl2N2O2. The number of amides is 2. The van der Waals surface area contributed by atoms with Gasteiger partial charge in [0, 0.05) is 29.1 Å². The topological polar surface area (TPSA) is 49.4 Å². The van der Waals surface area contributed by atoms with Crippen molar-refractivity contribution in [2.45, 2.75) is 90.3 Å². The van der Waals surface area contributed by atoms with Gasteiger partial charge in [-0.3, -0.25) is 9.59 Å². The molecule has 2 aromatic carbocycles. The first-order chi connectivity index (χ1) is 16.2. The number of benzene rings is 2. The Bertz CT molecular complexity index is 969. The summed E-state index contributed by atoms with van der Waals surface area (Å²) in [5, 5.41) is 4.20. The third-order valence-electron chi connectivity index (χ3n) is 6.75. The average Bonchev–Trinajstić information content (AvgIpc) is 2.82. The van der Waals surface area contributed by atoms with Crippen molar-refractivity contribution in [3.63, 3.8) is 0 Å². The minimum Gasteiger partial charge on any atom is -0.352 e. The van der Waals surface area contributed by atoms with Crippen LogP contribution in [0.2, 0.25) is 10.0 Å². The Hall–Kier alpha value is -2.04. The fourth-order valence-corrected chi connectivity index (χ4v) is 4.92. The lowest BCUT2D eigenvalue weighted by Gasteiger charge is -2.31. The van der Waals surface area contributed by atoms with Gasteiger partial charge in [0.15, 0.2) is 0 Å². The lowest BCUT2D eigenvalue weighted by Crippen LogP contribution is -2.50. The zero-order valence-electron chi connectivity index (χ0n) is 20.4. The summed E-state index contributed by atoms with van der Waals surface area (Å²) in [7, 11) is 0. The summed E-state index contributed by atoms with van der Waals surface area (Å²) in [5.74, 6) is 0.302. The van der Waals surface area contributed by atoms with E-state index < -0.39 is 6.04 Å². The number of hydrogen-bond acceptors (Lipinski definition) is 2. The molecule has 1 fully saturated rings. The van der Waals surface area contributed by atoms with E-state index in [1.54, 1.807) is 24.0 Å². The van der Waals surface area contributed by atoms with Crippen LogP contribution in [0, 0.1) is 0 Å². The Kier molecular flexibility index (Phi) is 9.85. The highest BCUT2D eigenvalue weighted by Gasteiger charge is 2.28. The minimum atomic E-state index is -0.593. The summed E-state index contributed by atoms with van der Waals surface area (Å²) in [4.78, 5) is 28.1. The van der Waals surface area contributed by atoms with Crippen LogP contribution in [0.1, 0.15) is 81.9 Å². The predicted molar refractivity (Wildman–Crippen MR) is 140 cm³/mol. The Morgan fingerprint density at radius 1 is 1.00 bits per heavy atom. The summed E-state index contributed by atoms with van der Waals surface area (Å²) in [6.45, 7) is 6.40. The van der Waals surface area contributed by atoms with Gasteiger partial charge in [-0.1, -0.05) is 86.6 Å². The van der Waals surface area contributed by atoms with E-state index in [0.717, 1.165) is 36.8 Å². The molecule has 1 N–H and O–H groups in total. The van der Waals surface area contributed by atoms with E-state index in [9.17, 15) is 9.59 Å². The molecular weight excluding hydrogens is 467 g/mol. The summed E-state index contributed by atoms with van der Waals surface area (Å²) >= 11 is 12.5. The maximum absolute atomic E-state index is 13.4. The molecule has 1 aliphatic rings. The Labute approximate surface area is 214 Å². The monoisotopic (exact) mass is 502 g/mol. The smallest absolute Gasteiger partial charge is 0.242 e. The first-order valence-corrected chi connectivity index (χ1v) is 13.1. The highest BCUT2D eigenvalue weighted by Crippen LogP contribution is 2.24. The molecule has 1 saturated carbocycles. The van der Waals surface area contributed by atoms with Crippen molar-refractivity contribution in [2.24, 2.45) is 0 Å². The molecule has 0 aliphatic heterocycles. The van der Waals surface area contributed by atoms with Crippen LogP contribution in [0.15, 0.2) is 42.5 Å². The van der Waals surface area contributed by atoms with Gasteiger partial charge in [0.1, 0.15) is 6.04 Å². The first kappa shape index (κ1) is 26.6. The van der Waals surface area contributed by atoms with Gasteiger partial charge in [-0.25, -0.2) is 0 Å². The highest BCUT2D eigenvalue weighted by molar-refractivity contribution is 6.35. The van der Waals surface area contributed by atoms with Crippen LogP contribution in [0.3, 0.4) is 0 Å². The summed E-state index contributed by atoms with van der Waals surface area (Å²) in [6, 6.07) is 13.3. The maximum Gasteiger partial charge on any atom is 0.242 e. The summed E-state index contributed by atoms with van der Waals surface area (Å²) < 4.78 is 0. The van der Waals surface area contributed by atoms with Crippen molar-refractivity contribution in [3.8, 4) is 0 Å². The van der Waals surface area contributed by atoms with Crippen LogP contribution in [-0.4, -0.2) is 28.8 Å². The fraction of sp³-hybridized carbons (Fsp3) is 0.500. The van der Waals surface area contributed by atoms with E-state index >= 15 is 0 Å². The van der Waals surface area contributed by atoms with Crippen molar-refractivity contribution in [2.75, 3.05) is 0 Å². The Morgan fingerprint density at radius 2 is 1.68 bits per heavy atom. The van der Waals surface area contributed by atoms with Gasteiger partial charge in [0.05, 0.1) is 0 Å². The number of nitrogens with one attached hydrogen (secondary N) is 1. The third-order valence-corrected chi connectivity index (χ3v) is 7.34. The molecule has 1 aliphatic carbocycles. The van der Waals surface area contributed by atoms with Crippen LogP contribution in [0.4, 0.5) is 0 Å². The molecule has 0 aromatic heterocycles. The molecule has 0 heterocycles. The van der Waals surface area contributed by atoms with E-state index in [0.29, 0.717) is 28.8 Å². The van der Waals surface area contributed by atoms with E-state index in [-0.39, 0.29) is 24.4 Å². The van der Waals surface area contributed by atoms with Gasteiger partial charge in [-0.2, -0.15) is 0 Å². The zero-order valence-corrected chi connectivity index (χ0v) is 22.0. The Morgan fingerprint density at radius 3 is 2.29 bits per heavy atom. The molecule has 0 spiro atoms. The van der Waals surface area contributed by atoms with Gasteiger partial charge >= 0.3 is 0 Å². The molecule has 0 radical (unpaired) electrons. The van der Waals surface area contributed by atoms with Crippen molar-refractivity contribution < 1.29 is 9.59 Å². The largest absolute Gasteiger partial charge is 0.352 e. The van der Waals surface area contributed by atoms with Crippen LogP contribution in [0.25, 0.3) is 0 Å². The van der Waals surface area contributed by atoms with Gasteiger partial charge in [-0.05, 0) is 60.9 Å². The predicted octanol–water partition coefficient (Wildman–Crippen LogP) is 6.92. The standard InChI is InChI=1S/C28H36Cl2N2O2/c1-19(2)22-12-9-21(10-13-22)11-16-27(33)32(18-23-14-15-24(29)17-26(23)30)20(3)28(34)31-25-7-5-4-6-8-25/h9-10,12-15,17,19-20,25H,4-8,11,16,18H2,1-3H3,(H,31,34)/t20-/m0/s1. The number of rotatable bonds is 9. The summed E-state index contributed by atoms with van der Waals surface area (Å²) in [6.07, 6.45) is 6.45. The maximum atomic E-state index is 13.4. The molecule has 0 bridgehead atoms. The first-order valence-electron chi connectivity index (χ1n) is 12.4. The normalized spacial score (nSPS) is 15.2. The SMILES string of the molecule is CC(C)c1ccc(CCC(=O)N(Cc2ccc(Cl)cc2Cl)[C@@H](C)C(=O)NC2CCCCC2)cc1. The zero-order chi connectivity index (χ0) is 24.7. The molecule has 0 unspecified atom stereocenters. The molecule has 34 heavy (non-hydrogen) atoms. The lowest BCUT2D eigenvalue weighted by molar-refractivity contribution is -0.141. The molecule has 4 nitrogen and oxygen atoms in total. The Balaban J connectivity index is 1.72. The van der Waals surface area contributed by atoms with Gasteiger partial charge in [-0.15, -0.1) is 0 Å². The van der Waals surface area contributed by atoms with Crippen LogP contribution < -0.4 is 5.32 Å². The number of halogens is 2. The molecule has 0 saturated heterocycles. The van der Waals surface area contributed by atoms with Crippen molar-refractivity contribution in [3.05, 3.63) is 69.2 Å². The van der Waals surface area contributed by atoms with Gasteiger partial charge in [0.2, 0.25) is 11.8 Å². The van der Waals surface area contributed by atoms with Crippen molar-refractivity contribution >= 4 is 35.0 Å².